The Morgan fingerprint density at radius 1 is 0.377 bits per heavy atom. The Balaban J connectivity index is 1.21. The molecule has 0 atom stereocenters. The van der Waals surface area contributed by atoms with E-state index in [0.29, 0.717) is 0 Å². The number of rotatable bonds is 4. The number of thiophene rings is 1. The van der Waals surface area contributed by atoms with Crippen LogP contribution in [0.15, 0.2) is 170 Å². The molecule has 0 N–H and O–H groups in total. The molecule has 3 nitrogen and oxygen atoms in total. The van der Waals surface area contributed by atoms with E-state index in [0.717, 1.165) is 22.7 Å². The van der Waals surface area contributed by atoms with Gasteiger partial charge in [-0.25, -0.2) is 0 Å². The smallest absolute Gasteiger partial charge is 0.126 e. The minimum atomic E-state index is -0.116. The number of benzene rings is 8. The first kappa shape index (κ1) is 43.4. The van der Waals surface area contributed by atoms with Gasteiger partial charge in [0, 0.05) is 26.9 Å². The van der Waals surface area contributed by atoms with Crippen LogP contribution in [-0.2, 0) is 21.7 Å². The van der Waals surface area contributed by atoms with Gasteiger partial charge in [0.25, 0.3) is 0 Å². The van der Waals surface area contributed by atoms with Crippen LogP contribution in [0.2, 0.25) is 0 Å². The number of hydrogen-bond donors (Lipinski definition) is 0. The summed E-state index contributed by atoms with van der Waals surface area (Å²) in [5, 5.41) is 2.51. The fourth-order valence-corrected chi connectivity index (χ4v) is 12.4. The second-order valence-electron chi connectivity index (χ2n) is 23.2. The molecule has 69 heavy (non-hydrogen) atoms. The van der Waals surface area contributed by atoms with Crippen LogP contribution in [0.4, 0.5) is 50.5 Å². The second kappa shape index (κ2) is 15.1. The number of anilines is 9. The second-order valence-corrected chi connectivity index (χ2v) is 24.2. The van der Waals surface area contributed by atoms with Crippen LogP contribution in [0, 0.1) is 0 Å². The highest BCUT2D eigenvalue weighted by Crippen LogP contribution is 2.68. The Kier molecular flexibility index (Phi) is 9.47. The molecule has 0 saturated carbocycles. The van der Waals surface area contributed by atoms with Crippen LogP contribution < -0.4 is 14.7 Å². The standard InChI is InChI=1S/C65H61N3S/c1-62(2,3)44-24-29-47(30-25-44)66-54-33-28-46(64(7,8)9)37-55(54)68-60-56(66)35-43(42-21-17-20-41(34-42)40-18-13-12-14-19-40)36-57(60)67(48-31-26-45(27-32-48)63(4,5)6)59-51-38-50-49-22-15-16-23-52(49)65(10,11)53(50)39-58(51)69-61(59)68/h12-39H,1-11H3. The summed E-state index contributed by atoms with van der Waals surface area (Å²) in [4.78, 5) is 7.79. The zero-order valence-electron chi connectivity index (χ0n) is 41.9. The average molecular weight is 916 g/mol. The van der Waals surface area contributed by atoms with Gasteiger partial charge in [-0.15, -0.1) is 11.3 Å². The van der Waals surface area contributed by atoms with Gasteiger partial charge >= 0.3 is 0 Å². The minimum absolute atomic E-state index is 0.0125. The lowest BCUT2D eigenvalue weighted by Gasteiger charge is -2.46. The topological polar surface area (TPSA) is 9.72 Å². The maximum absolute atomic E-state index is 2.64. The van der Waals surface area contributed by atoms with Crippen molar-refractivity contribution in [2.24, 2.45) is 0 Å². The lowest BCUT2D eigenvalue weighted by Crippen LogP contribution is -2.30. The van der Waals surface area contributed by atoms with Crippen molar-refractivity contribution in [1.82, 2.24) is 0 Å². The highest BCUT2D eigenvalue weighted by atomic mass is 32.1. The van der Waals surface area contributed by atoms with Gasteiger partial charge in [0.15, 0.2) is 0 Å². The molecule has 0 saturated heterocycles. The van der Waals surface area contributed by atoms with Crippen molar-refractivity contribution in [3.63, 3.8) is 0 Å². The fraction of sp³-hybridized carbons (Fsp3) is 0.231. The Bertz CT molecular complexity index is 3520. The normalized spacial score (nSPS) is 14.6. The summed E-state index contributed by atoms with van der Waals surface area (Å²) in [5.74, 6) is 0. The van der Waals surface area contributed by atoms with E-state index in [1.54, 1.807) is 0 Å². The summed E-state index contributed by atoms with van der Waals surface area (Å²) >= 11 is 1.93. The van der Waals surface area contributed by atoms with Crippen LogP contribution in [-0.4, -0.2) is 0 Å². The molecule has 3 aliphatic rings. The molecule has 8 aromatic carbocycles. The fourth-order valence-electron chi connectivity index (χ4n) is 11.2. The van der Waals surface area contributed by atoms with E-state index in [-0.39, 0.29) is 21.7 Å². The van der Waals surface area contributed by atoms with E-state index in [2.05, 4.69) is 261 Å². The largest absolute Gasteiger partial charge is 0.306 e. The summed E-state index contributed by atoms with van der Waals surface area (Å²) in [5.41, 5.74) is 23.4. The number of fused-ring (bicyclic) bond motifs is 9. The molecule has 0 bridgehead atoms. The van der Waals surface area contributed by atoms with Gasteiger partial charge in [0.05, 0.1) is 34.1 Å². The minimum Gasteiger partial charge on any atom is -0.306 e. The first-order valence-corrected chi connectivity index (χ1v) is 25.5. The van der Waals surface area contributed by atoms with Crippen molar-refractivity contribution in [3.05, 3.63) is 198 Å². The zero-order chi connectivity index (χ0) is 47.9. The van der Waals surface area contributed by atoms with E-state index in [9.17, 15) is 0 Å². The molecule has 1 aliphatic carbocycles. The number of hydrogen-bond acceptors (Lipinski definition) is 4. The Morgan fingerprint density at radius 2 is 0.928 bits per heavy atom. The summed E-state index contributed by atoms with van der Waals surface area (Å²) in [6.07, 6.45) is 0. The van der Waals surface area contributed by atoms with Crippen molar-refractivity contribution in [2.75, 3.05) is 14.7 Å². The predicted molar refractivity (Wildman–Crippen MR) is 298 cm³/mol. The monoisotopic (exact) mass is 915 g/mol. The number of nitrogens with zero attached hydrogens (tertiary/aromatic N) is 3. The van der Waals surface area contributed by atoms with Gasteiger partial charge in [-0.05, 0) is 144 Å². The maximum Gasteiger partial charge on any atom is 0.126 e. The first-order chi connectivity index (χ1) is 32.9. The first-order valence-electron chi connectivity index (χ1n) is 24.7. The highest BCUT2D eigenvalue weighted by Gasteiger charge is 2.44. The van der Waals surface area contributed by atoms with Gasteiger partial charge < -0.3 is 9.80 Å². The molecule has 3 heterocycles. The summed E-state index contributed by atoms with van der Waals surface area (Å²) in [7, 11) is 0. The predicted octanol–water partition coefficient (Wildman–Crippen LogP) is 19.5. The lowest BCUT2D eigenvalue weighted by atomic mass is 9.82. The highest BCUT2D eigenvalue weighted by molar-refractivity contribution is 7.24. The molecule has 12 rings (SSSR count). The molecule has 0 fully saturated rings. The molecule has 9 aromatic rings. The van der Waals surface area contributed by atoms with Gasteiger partial charge in [-0.2, -0.15) is 0 Å². The summed E-state index contributed by atoms with van der Waals surface area (Å²) < 4.78 is 1.30. The van der Waals surface area contributed by atoms with Gasteiger partial charge in [0.1, 0.15) is 5.00 Å². The molecule has 342 valence electrons. The zero-order valence-corrected chi connectivity index (χ0v) is 42.7. The van der Waals surface area contributed by atoms with Crippen molar-refractivity contribution in [3.8, 4) is 33.4 Å². The third-order valence-corrected chi connectivity index (χ3v) is 16.3. The van der Waals surface area contributed by atoms with Gasteiger partial charge in [-0.1, -0.05) is 179 Å². The molecule has 0 amide bonds. The van der Waals surface area contributed by atoms with Crippen LogP contribution in [0.5, 0.6) is 0 Å². The molecule has 2 aliphatic heterocycles. The van der Waals surface area contributed by atoms with Crippen LogP contribution in [0.3, 0.4) is 0 Å². The van der Waals surface area contributed by atoms with Crippen LogP contribution >= 0.6 is 11.3 Å². The van der Waals surface area contributed by atoms with E-state index in [1.807, 2.05) is 11.3 Å². The lowest BCUT2D eigenvalue weighted by molar-refractivity contribution is 0.590. The molecule has 1 aromatic heterocycles. The molecule has 0 spiro atoms. The van der Waals surface area contributed by atoms with E-state index >= 15 is 0 Å². The SMILES string of the molecule is CC(C)(C)c1ccc(N2c3ccc(C(C)(C)C)cc3N3c4sc5cc6c(cc5c4N(c4ccc(C(C)(C)C)cc4)c4cc(-c5cccc(-c7ccccc7)c5)cc2c43)-c2ccccc2C6(C)C)cc1. The summed E-state index contributed by atoms with van der Waals surface area (Å²) in [6, 6.07) is 64.9. The third kappa shape index (κ3) is 6.81. The quantitative estimate of drug-likeness (QED) is 0.174. The van der Waals surface area contributed by atoms with Crippen molar-refractivity contribution in [2.45, 2.75) is 97.8 Å². The Hall–Kier alpha value is -6.88. The Labute approximate surface area is 413 Å². The average Bonchev–Trinajstić information content (AvgIpc) is 3.81. The van der Waals surface area contributed by atoms with E-state index in [4.69, 9.17) is 0 Å². The van der Waals surface area contributed by atoms with Crippen molar-refractivity contribution < 1.29 is 0 Å². The molecular weight excluding hydrogens is 855 g/mol. The van der Waals surface area contributed by atoms with E-state index < -0.39 is 0 Å². The maximum atomic E-state index is 2.64. The molecular formula is C65H61N3S. The van der Waals surface area contributed by atoms with Crippen molar-refractivity contribution >= 4 is 71.9 Å². The van der Waals surface area contributed by atoms with Crippen molar-refractivity contribution in [1.29, 1.82) is 0 Å². The third-order valence-electron chi connectivity index (χ3n) is 15.2. The Morgan fingerprint density at radius 3 is 1.57 bits per heavy atom. The van der Waals surface area contributed by atoms with Crippen LogP contribution in [0.1, 0.15) is 104 Å². The summed E-state index contributed by atoms with van der Waals surface area (Å²) in [6.45, 7) is 25.6. The molecule has 0 radical (unpaired) electrons. The van der Waals surface area contributed by atoms with Gasteiger partial charge in [0.2, 0.25) is 0 Å². The van der Waals surface area contributed by atoms with E-state index in [1.165, 1.54) is 99.0 Å². The molecule has 0 unspecified atom stereocenters. The molecule has 4 heteroatoms. The van der Waals surface area contributed by atoms with Crippen LogP contribution in [0.25, 0.3) is 43.5 Å². The van der Waals surface area contributed by atoms with Gasteiger partial charge in [-0.3, -0.25) is 4.90 Å².